The lowest BCUT2D eigenvalue weighted by atomic mass is 9.99. The Bertz CT molecular complexity index is 507. The van der Waals surface area contributed by atoms with E-state index in [1.165, 1.54) is 0 Å². The van der Waals surface area contributed by atoms with Crippen molar-refractivity contribution >= 4 is 21.8 Å². The van der Waals surface area contributed by atoms with Gasteiger partial charge in [0.1, 0.15) is 0 Å². The van der Waals surface area contributed by atoms with E-state index in [1.54, 1.807) is 12.4 Å². The Morgan fingerprint density at radius 1 is 1.36 bits per heavy atom. The minimum absolute atomic E-state index is 0.153. The maximum Gasteiger partial charge on any atom is 0.316 e. The van der Waals surface area contributed by atoms with Crippen LogP contribution in [0, 0.1) is 5.92 Å². The van der Waals surface area contributed by atoms with Crippen LogP contribution in [0.1, 0.15) is 25.7 Å². The normalized spacial score (nSPS) is 22.3. The number of hydrogen-bond acceptors (Lipinski definition) is 5. The van der Waals surface area contributed by atoms with E-state index in [4.69, 9.17) is 4.74 Å². The molecule has 2 heterocycles. The Balaban J connectivity index is 1.41. The van der Waals surface area contributed by atoms with Crippen molar-refractivity contribution in [3.8, 4) is 6.01 Å². The van der Waals surface area contributed by atoms with Gasteiger partial charge in [-0.2, -0.15) is 0 Å². The lowest BCUT2D eigenvalue weighted by Crippen LogP contribution is -2.44. The molecule has 1 aromatic heterocycles. The predicted octanol–water partition coefficient (Wildman–Crippen LogP) is 1.61. The van der Waals surface area contributed by atoms with E-state index in [2.05, 4.69) is 36.1 Å². The van der Waals surface area contributed by atoms with Crippen LogP contribution >= 0.6 is 15.9 Å². The Labute approximate surface area is 138 Å². The molecule has 0 radical (unpaired) electrons. The Hall–Kier alpha value is -1.21. The first-order valence-corrected chi connectivity index (χ1v) is 8.60. The summed E-state index contributed by atoms with van der Waals surface area (Å²) in [4.78, 5) is 22.3. The van der Waals surface area contributed by atoms with Crippen molar-refractivity contribution in [3.63, 3.8) is 0 Å². The van der Waals surface area contributed by atoms with Gasteiger partial charge in [0.05, 0.1) is 17.6 Å². The molecule has 0 aromatic carbocycles. The number of amides is 1. The number of likely N-dealkylation sites (tertiary alicyclic amines) is 1. The molecule has 2 fully saturated rings. The van der Waals surface area contributed by atoms with Crippen LogP contribution in [0.25, 0.3) is 0 Å². The van der Waals surface area contributed by atoms with Gasteiger partial charge in [0.25, 0.3) is 0 Å². The second kappa shape index (κ2) is 7.37. The average Bonchev–Trinajstić information content (AvgIpc) is 3.31. The third-order valence-corrected chi connectivity index (χ3v) is 4.37. The van der Waals surface area contributed by atoms with Crippen molar-refractivity contribution in [3.05, 3.63) is 16.9 Å². The molecule has 1 aliphatic carbocycles. The molecule has 0 spiro atoms. The molecule has 6 nitrogen and oxygen atoms in total. The first kappa shape index (κ1) is 15.7. The summed E-state index contributed by atoms with van der Waals surface area (Å²) in [5.74, 6) is 0.579. The number of carbonyl (C=O) groups is 1. The van der Waals surface area contributed by atoms with Crippen molar-refractivity contribution in [2.75, 3.05) is 26.2 Å². The lowest BCUT2D eigenvalue weighted by Gasteiger charge is -2.31. The number of piperidine rings is 1. The van der Waals surface area contributed by atoms with Gasteiger partial charge >= 0.3 is 6.01 Å². The summed E-state index contributed by atoms with van der Waals surface area (Å²) in [6.07, 6.45) is 7.85. The van der Waals surface area contributed by atoms with Gasteiger partial charge < -0.3 is 10.1 Å². The SMILES string of the molecule is O=C(CN1CCCC(COc2ncc(Br)cn2)C1)NC1CC1. The van der Waals surface area contributed by atoms with Gasteiger partial charge in [0.15, 0.2) is 0 Å². The van der Waals surface area contributed by atoms with Crippen molar-refractivity contribution < 1.29 is 9.53 Å². The molecular formula is C15H21BrN4O2. The highest BCUT2D eigenvalue weighted by molar-refractivity contribution is 9.10. The first-order valence-electron chi connectivity index (χ1n) is 7.81. The fourth-order valence-electron chi connectivity index (χ4n) is 2.70. The standard InChI is InChI=1S/C15H21BrN4O2/c16-12-6-17-15(18-7-12)22-10-11-2-1-5-20(8-11)9-14(21)19-13-3-4-13/h6-7,11,13H,1-5,8-10H2,(H,19,21). The molecule has 120 valence electrons. The monoisotopic (exact) mass is 368 g/mol. The zero-order valence-corrected chi connectivity index (χ0v) is 14.1. The van der Waals surface area contributed by atoms with E-state index >= 15 is 0 Å². The van der Waals surface area contributed by atoms with E-state index < -0.39 is 0 Å². The van der Waals surface area contributed by atoms with Gasteiger partial charge in [-0.15, -0.1) is 0 Å². The van der Waals surface area contributed by atoms with Gasteiger partial charge in [0, 0.05) is 30.9 Å². The van der Waals surface area contributed by atoms with Crippen LogP contribution in [0.5, 0.6) is 6.01 Å². The molecule has 7 heteroatoms. The predicted molar refractivity (Wildman–Crippen MR) is 85.6 cm³/mol. The molecule has 1 aliphatic heterocycles. The number of nitrogens with one attached hydrogen (secondary N) is 1. The molecule has 0 bridgehead atoms. The van der Waals surface area contributed by atoms with Crippen LogP contribution in [-0.2, 0) is 4.79 Å². The van der Waals surface area contributed by atoms with Crippen LogP contribution < -0.4 is 10.1 Å². The van der Waals surface area contributed by atoms with Crippen LogP contribution in [0.15, 0.2) is 16.9 Å². The van der Waals surface area contributed by atoms with Crippen molar-refractivity contribution in [1.29, 1.82) is 0 Å². The van der Waals surface area contributed by atoms with Gasteiger partial charge in [-0.3, -0.25) is 9.69 Å². The second-order valence-corrected chi connectivity index (χ2v) is 7.00. The van der Waals surface area contributed by atoms with Crippen LogP contribution in [0.4, 0.5) is 0 Å². The maximum atomic E-state index is 11.9. The zero-order valence-electron chi connectivity index (χ0n) is 12.5. The Kier molecular flexibility index (Phi) is 5.25. The summed E-state index contributed by atoms with van der Waals surface area (Å²) in [6, 6.07) is 0.845. The van der Waals surface area contributed by atoms with Crippen molar-refractivity contribution in [1.82, 2.24) is 20.2 Å². The van der Waals surface area contributed by atoms with Gasteiger partial charge in [-0.1, -0.05) is 0 Å². The van der Waals surface area contributed by atoms with E-state index in [9.17, 15) is 4.79 Å². The minimum Gasteiger partial charge on any atom is -0.463 e. The molecule has 1 aromatic rings. The van der Waals surface area contributed by atoms with Crippen molar-refractivity contribution in [2.45, 2.75) is 31.7 Å². The molecular weight excluding hydrogens is 348 g/mol. The lowest BCUT2D eigenvalue weighted by molar-refractivity contribution is -0.122. The highest BCUT2D eigenvalue weighted by Gasteiger charge is 2.26. The van der Waals surface area contributed by atoms with Crippen LogP contribution in [0.3, 0.4) is 0 Å². The molecule has 1 amide bonds. The smallest absolute Gasteiger partial charge is 0.316 e. The van der Waals surface area contributed by atoms with Gasteiger partial charge in [-0.05, 0) is 48.2 Å². The third-order valence-electron chi connectivity index (χ3n) is 3.96. The van der Waals surface area contributed by atoms with Gasteiger partial charge in [0.2, 0.25) is 5.91 Å². The summed E-state index contributed by atoms with van der Waals surface area (Å²) in [5.41, 5.74) is 0. The second-order valence-electron chi connectivity index (χ2n) is 6.08. The minimum atomic E-state index is 0.153. The Morgan fingerprint density at radius 2 is 2.14 bits per heavy atom. The zero-order chi connectivity index (χ0) is 15.4. The molecule has 1 N–H and O–H groups in total. The largest absolute Gasteiger partial charge is 0.463 e. The molecule has 1 atom stereocenters. The third kappa shape index (κ3) is 4.91. The quantitative estimate of drug-likeness (QED) is 0.825. The summed E-state index contributed by atoms with van der Waals surface area (Å²) in [6.45, 7) is 2.99. The van der Waals surface area contributed by atoms with E-state index in [0.29, 0.717) is 31.1 Å². The summed E-state index contributed by atoms with van der Waals surface area (Å²) < 4.78 is 6.50. The number of halogens is 1. The number of rotatable bonds is 6. The summed E-state index contributed by atoms with van der Waals surface area (Å²) >= 11 is 3.30. The Morgan fingerprint density at radius 3 is 2.86 bits per heavy atom. The number of carbonyl (C=O) groups excluding carboxylic acids is 1. The van der Waals surface area contributed by atoms with Crippen molar-refractivity contribution in [2.24, 2.45) is 5.92 Å². The number of nitrogens with zero attached hydrogens (tertiary/aromatic N) is 3. The molecule has 1 saturated carbocycles. The molecule has 2 aliphatic rings. The summed E-state index contributed by atoms with van der Waals surface area (Å²) in [7, 11) is 0. The molecule has 1 unspecified atom stereocenters. The molecule has 3 rings (SSSR count). The highest BCUT2D eigenvalue weighted by atomic mass is 79.9. The number of aromatic nitrogens is 2. The maximum absolute atomic E-state index is 11.9. The summed E-state index contributed by atoms with van der Waals surface area (Å²) in [5, 5.41) is 3.04. The first-order chi connectivity index (χ1) is 10.7. The van der Waals surface area contributed by atoms with Gasteiger partial charge in [-0.25, -0.2) is 9.97 Å². The van der Waals surface area contributed by atoms with E-state index in [-0.39, 0.29) is 5.91 Å². The fourth-order valence-corrected chi connectivity index (χ4v) is 2.91. The van der Waals surface area contributed by atoms with E-state index in [1.807, 2.05) is 0 Å². The number of hydrogen-bond donors (Lipinski definition) is 1. The highest BCUT2D eigenvalue weighted by Crippen LogP contribution is 2.20. The molecule has 22 heavy (non-hydrogen) atoms. The number of ether oxygens (including phenoxy) is 1. The molecule has 1 saturated heterocycles. The fraction of sp³-hybridized carbons (Fsp3) is 0.667. The van der Waals surface area contributed by atoms with Crippen LogP contribution in [0.2, 0.25) is 0 Å². The topological polar surface area (TPSA) is 67.4 Å². The van der Waals surface area contributed by atoms with Crippen LogP contribution in [-0.4, -0.2) is 53.1 Å². The average molecular weight is 369 g/mol. The van der Waals surface area contributed by atoms with E-state index in [0.717, 1.165) is 43.2 Å².